The zero-order valence-electron chi connectivity index (χ0n) is 10.4. The molecule has 0 saturated carbocycles. The first kappa shape index (κ1) is 16.0. The fourth-order valence-corrected chi connectivity index (χ4v) is 2.92. The molecule has 0 atom stereocenters. The van der Waals surface area contributed by atoms with E-state index in [0.717, 1.165) is 0 Å². The molecule has 0 bridgehead atoms. The Labute approximate surface area is 142 Å². The summed E-state index contributed by atoms with van der Waals surface area (Å²) in [5.74, 6) is -1.44. The second-order valence-corrected chi connectivity index (χ2v) is 6.22. The number of carboxylic acid groups (broad SMARTS) is 1. The third-order valence-electron chi connectivity index (χ3n) is 2.63. The minimum Gasteiger partial charge on any atom is -0.478 e. The molecule has 108 valence electrons. The van der Waals surface area contributed by atoms with E-state index in [9.17, 15) is 9.59 Å². The molecule has 2 rings (SSSR count). The summed E-state index contributed by atoms with van der Waals surface area (Å²) in [4.78, 5) is 23.2. The van der Waals surface area contributed by atoms with Crippen LogP contribution in [0, 0.1) is 0 Å². The van der Waals surface area contributed by atoms with Gasteiger partial charge in [0.2, 0.25) is 0 Å². The van der Waals surface area contributed by atoms with E-state index in [-0.39, 0.29) is 11.5 Å². The van der Waals surface area contributed by atoms with Crippen molar-refractivity contribution < 1.29 is 14.7 Å². The average molecular weight is 433 g/mol. The number of halogens is 3. The van der Waals surface area contributed by atoms with Crippen molar-refractivity contribution in [3.63, 3.8) is 0 Å². The van der Waals surface area contributed by atoms with Gasteiger partial charge < -0.3 is 10.4 Å². The zero-order chi connectivity index (χ0) is 15.6. The first-order valence-corrected chi connectivity index (χ1v) is 7.64. The highest BCUT2D eigenvalue weighted by Crippen LogP contribution is 2.24. The zero-order valence-corrected chi connectivity index (χ0v) is 14.3. The number of carbonyl (C=O) groups excluding carboxylic acids is 1. The van der Waals surface area contributed by atoms with Gasteiger partial charge in [0.05, 0.1) is 11.1 Å². The minimum absolute atomic E-state index is 0.0722. The number of hydrogen-bond donors (Lipinski definition) is 2. The van der Waals surface area contributed by atoms with E-state index >= 15 is 0 Å². The number of hydrogen-bond acceptors (Lipinski definition) is 2. The van der Waals surface area contributed by atoms with Crippen LogP contribution in [0.25, 0.3) is 0 Å². The summed E-state index contributed by atoms with van der Waals surface area (Å²) in [6, 6.07) is 9.35. The summed E-state index contributed by atoms with van der Waals surface area (Å²) in [5, 5.41) is 12.2. The Kier molecular flexibility index (Phi) is 5.03. The molecule has 2 aromatic carbocycles. The molecule has 4 nitrogen and oxygen atoms in total. The van der Waals surface area contributed by atoms with Crippen LogP contribution in [0.3, 0.4) is 0 Å². The molecule has 0 saturated heterocycles. The molecule has 2 aromatic rings. The van der Waals surface area contributed by atoms with E-state index in [1.54, 1.807) is 30.3 Å². The van der Waals surface area contributed by atoms with Crippen molar-refractivity contribution in [3.05, 3.63) is 61.5 Å². The van der Waals surface area contributed by atoms with Crippen LogP contribution in [0.2, 0.25) is 5.02 Å². The number of rotatable bonds is 3. The summed E-state index contributed by atoms with van der Waals surface area (Å²) >= 11 is 12.2. The van der Waals surface area contributed by atoms with Gasteiger partial charge in [-0.3, -0.25) is 4.79 Å². The van der Waals surface area contributed by atoms with Gasteiger partial charge in [-0.25, -0.2) is 4.79 Å². The molecular weight excluding hydrogens is 425 g/mol. The maximum absolute atomic E-state index is 12.2. The topological polar surface area (TPSA) is 66.4 Å². The molecule has 0 unspecified atom stereocenters. The molecule has 0 heterocycles. The Bertz CT molecular complexity index is 734. The lowest BCUT2D eigenvalue weighted by Crippen LogP contribution is -2.13. The van der Waals surface area contributed by atoms with E-state index in [1.165, 1.54) is 6.07 Å². The van der Waals surface area contributed by atoms with E-state index in [2.05, 4.69) is 37.2 Å². The van der Waals surface area contributed by atoms with Crippen LogP contribution in [0.1, 0.15) is 20.7 Å². The summed E-state index contributed by atoms with van der Waals surface area (Å²) in [6.07, 6.45) is 0. The highest BCUT2D eigenvalue weighted by Gasteiger charge is 2.13. The molecule has 21 heavy (non-hydrogen) atoms. The summed E-state index contributed by atoms with van der Waals surface area (Å²) in [7, 11) is 0. The number of nitrogens with one attached hydrogen (secondary N) is 1. The summed E-state index contributed by atoms with van der Waals surface area (Å²) in [5.41, 5.74) is 0.865. The molecule has 0 spiro atoms. The highest BCUT2D eigenvalue weighted by molar-refractivity contribution is 9.10. The van der Waals surface area contributed by atoms with Gasteiger partial charge in [-0.2, -0.15) is 0 Å². The lowest BCUT2D eigenvalue weighted by molar-refractivity contribution is 0.0695. The average Bonchev–Trinajstić information content (AvgIpc) is 2.40. The predicted molar refractivity (Wildman–Crippen MR) is 88.2 cm³/mol. The smallest absolute Gasteiger partial charge is 0.336 e. The largest absolute Gasteiger partial charge is 0.478 e. The third kappa shape index (κ3) is 3.84. The number of benzene rings is 2. The van der Waals surface area contributed by atoms with Crippen LogP contribution in [-0.2, 0) is 0 Å². The van der Waals surface area contributed by atoms with Gasteiger partial charge in [-0.15, -0.1) is 0 Å². The summed E-state index contributed by atoms with van der Waals surface area (Å²) in [6.45, 7) is 0. The predicted octanol–water partition coefficient (Wildman–Crippen LogP) is 4.82. The second-order valence-electron chi connectivity index (χ2n) is 4.08. The Morgan fingerprint density at radius 1 is 1.00 bits per heavy atom. The van der Waals surface area contributed by atoms with Gasteiger partial charge in [-0.1, -0.05) is 11.6 Å². The number of aromatic carboxylic acids is 1. The van der Waals surface area contributed by atoms with Crippen molar-refractivity contribution in [1.29, 1.82) is 0 Å². The van der Waals surface area contributed by atoms with Crippen LogP contribution in [0.5, 0.6) is 0 Å². The fraction of sp³-hybridized carbons (Fsp3) is 0. The summed E-state index contributed by atoms with van der Waals surface area (Å²) < 4.78 is 1.00. The maximum atomic E-state index is 12.2. The van der Waals surface area contributed by atoms with Crippen molar-refractivity contribution in [2.75, 3.05) is 5.32 Å². The molecular formula is C14H8Br2ClNO3. The monoisotopic (exact) mass is 431 g/mol. The molecule has 0 aliphatic carbocycles. The normalized spacial score (nSPS) is 10.2. The van der Waals surface area contributed by atoms with E-state index < -0.39 is 5.97 Å². The number of carboxylic acids is 1. The molecule has 0 radical (unpaired) electrons. The van der Waals surface area contributed by atoms with Crippen LogP contribution < -0.4 is 5.32 Å². The molecule has 0 aliphatic heterocycles. The van der Waals surface area contributed by atoms with E-state index in [4.69, 9.17) is 16.7 Å². The van der Waals surface area contributed by atoms with Crippen molar-refractivity contribution >= 4 is 61.0 Å². The molecule has 0 fully saturated rings. The third-order valence-corrected chi connectivity index (χ3v) is 4.21. The van der Waals surface area contributed by atoms with Crippen molar-refractivity contribution in [2.24, 2.45) is 0 Å². The van der Waals surface area contributed by atoms with Gasteiger partial charge >= 0.3 is 5.97 Å². The highest BCUT2D eigenvalue weighted by atomic mass is 79.9. The molecule has 0 aromatic heterocycles. The van der Waals surface area contributed by atoms with Gasteiger partial charge in [0, 0.05) is 19.7 Å². The molecule has 2 N–H and O–H groups in total. The van der Waals surface area contributed by atoms with E-state index in [0.29, 0.717) is 25.2 Å². The van der Waals surface area contributed by atoms with E-state index in [1.807, 2.05) is 0 Å². The fourth-order valence-electron chi connectivity index (χ4n) is 1.64. The number of carbonyl (C=O) groups is 2. The Morgan fingerprint density at radius 3 is 2.33 bits per heavy atom. The molecule has 0 aliphatic rings. The Hall–Kier alpha value is -1.37. The SMILES string of the molecule is O=C(O)c1cc(NC(=O)c2ccc(Cl)cc2Br)ccc1Br. The van der Waals surface area contributed by atoms with Crippen molar-refractivity contribution in [2.45, 2.75) is 0 Å². The van der Waals surface area contributed by atoms with Crippen LogP contribution in [0.4, 0.5) is 5.69 Å². The maximum Gasteiger partial charge on any atom is 0.336 e. The van der Waals surface area contributed by atoms with Gasteiger partial charge in [0.1, 0.15) is 0 Å². The van der Waals surface area contributed by atoms with Gasteiger partial charge in [-0.05, 0) is 68.3 Å². The molecule has 1 amide bonds. The second kappa shape index (κ2) is 6.60. The van der Waals surface area contributed by atoms with Crippen LogP contribution >= 0.6 is 43.5 Å². The van der Waals surface area contributed by atoms with Gasteiger partial charge in [0.25, 0.3) is 5.91 Å². The van der Waals surface area contributed by atoms with Crippen LogP contribution in [0.15, 0.2) is 45.3 Å². The first-order valence-electron chi connectivity index (χ1n) is 5.67. The quantitative estimate of drug-likeness (QED) is 0.730. The lowest BCUT2D eigenvalue weighted by Gasteiger charge is -2.09. The Balaban J connectivity index is 2.27. The number of amides is 1. The minimum atomic E-state index is -1.08. The number of anilines is 1. The first-order chi connectivity index (χ1) is 9.88. The standard InChI is InChI=1S/C14H8Br2ClNO3/c15-11-4-2-8(6-10(11)14(20)21)18-13(19)9-3-1-7(17)5-12(9)16/h1-6H,(H,18,19)(H,20,21). The van der Waals surface area contributed by atoms with Crippen molar-refractivity contribution in [3.8, 4) is 0 Å². The Morgan fingerprint density at radius 2 is 1.71 bits per heavy atom. The van der Waals surface area contributed by atoms with Crippen molar-refractivity contribution in [1.82, 2.24) is 0 Å². The van der Waals surface area contributed by atoms with Gasteiger partial charge in [0.15, 0.2) is 0 Å². The lowest BCUT2D eigenvalue weighted by atomic mass is 10.1. The molecule has 7 heteroatoms. The van der Waals surface area contributed by atoms with Crippen LogP contribution in [-0.4, -0.2) is 17.0 Å².